The van der Waals surface area contributed by atoms with Gasteiger partial charge < -0.3 is 9.64 Å². The van der Waals surface area contributed by atoms with Gasteiger partial charge in [0.1, 0.15) is 22.8 Å². The third kappa shape index (κ3) is 5.76. The Morgan fingerprint density at radius 2 is 1.73 bits per heavy atom. The lowest BCUT2D eigenvalue weighted by molar-refractivity contribution is -0.665. The second-order valence-electron chi connectivity index (χ2n) is 11.7. The predicted octanol–water partition coefficient (Wildman–Crippen LogP) is 8.81. The van der Waals surface area contributed by atoms with Crippen LogP contribution in [0.3, 0.4) is 0 Å². The highest BCUT2D eigenvalue weighted by molar-refractivity contribution is 8.03. The van der Waals surface area contributed by atoms with Crippen LogP contribution in [0.25, 0.3) is 44.8 Å². The molecule has 5 nitrogen and oxygen atoms in total. The first-order valence-electron chi connectivity index (χ1n) is 16.4. The Kier molecular flexibility index (Phi) is 8.58. The molecule has 0 aliphatic carbocycles. The molecule has 244 valence electrons. The van der Waals surface area contributed by atoms with Crippen molar-refractivity contribution in [1.82, 2.24) is 4.57 Å². The van der Waals surface area contributed by atoms with Gasteiger partial charge in [-0.3, -0.25) is 9.36 Å². The monoisotopic (exact) mass is 718 g/mol. The van der Waals surface area contributed by atoms with E-state index in [0.717, 1.165) is 61.0 Å². The minimum Gasteiger partial charge on any atom is -0.456 e. The molecule has 0 atom stereocenters. The fourth-order valence-electron chi connectivity index (χ4n) is 6.55. The van der Waals surface area contributed by atoms with E-state index >= 15 is 0 Å². The van der Waals surface area contributed by atoms with Gasteiger partial charge in [0.15, 0.2) is 0 Å². The third-order valence-corrected chi connectivity index (χ3v) is 12.4. The number of hydrogen-bond donors (Lipinski definition) is 0. The molecule has 4 heterocycles. The molecule has 8 rings (SSSR count). The lowest BCUT2D eigenvalue weighted by atomic mass is 10.0. The summed E-state index contributed by atoms with van der Waals surface area (Å²) in [7, 11) is 0. The number of fused-ring (bicyclic) bond motifs is 5. The van der Waals surface area contributed by atoms with Gasteiger partial charge in [-0.1, -0.05) is 83.2 Å². The normalized spacial score (nSPS) is 16.6. The van der Waals surface area contributed by atoms with Gasteiger partial charge in [-0.15, -0.1) is 11.3 Å². The summed E-state index contributed by atoms with van der Waals surface area (Å²) in [5.74, 6) is 1.53. The van der Waals surface area contributed by atoms with Gasteiger partial charge in [0.25, 0.3) is 10.6 Å². The summed E-state index contributed by atoms with van der Waals surface area (Å²) in [6, 6.07) is 27.0. The minimum absolute atomic E-state index is 0.0224. The summed E-state index contributed by atoms with van der Waals surface area (Å²) in [4.78, 5) is 17.3. The number of aromatic nitrogens is 2. The van der Waals surface area contributed by atoms with Crippen LogP contribution in [0.5, 0.6) is 5.75 Å². The molecule has 0 fully saturated rings. The molecule has 0 N–H and O–H groups in total. The maximum Gasteiger partial charge on any atom is 0.269 e. The van der Waals surface area contributed by atoms with Crippen molar-refractivity contribution in [3.63, 3.8) is 0 Å². The Morgan fingerprint density at radius 3 is 2.57 bits per heavy atom. The van der Waals surface area contributed by atoms with Crippen molar-refractivity contribution in [3.8, 4) is 5.75 Å². The van der Waals surface area contributed by atoms with Crippen LogP contribution in [0.4, 0.5) is 5.69 Å². The zero-order valence-electron chi connectivity index (χ0n) is 27.3. The number of thiazole rings is 2. The number of rotatable bonds is 6. The maximum atomic E-state index is 13.7. The van der Waals surface area contributed by atoms with Crippen molar-refractivity contribution in [1.29, 1.82) is 0 Å². The van der Waals surface area contributed by atoms with Crippen LogP contribution in [-0.4, -0.2) is 11.1 Å². The number of hydrogen-bond acceptors (Lipinski definition) is 6. The lowest BCUT2D eigenvalue weighted by Gasteiger charge is -2.19. The number of thioether (sulfide) groups is 1. The summed E-state index contributed by atoms with van der Waals surface area (Å²) >= 11 is 11.3. The highest BCUT2D eigenvalue weighted by Gasteiger charge is 2.26. The number of allylic oxidation sites excluding steroid dienone is 3. The van der Waals surface area contributed by atoms with Crippen molar-refractivity contribution < 1.29 is 9.30 Å². The number of halogens is 1. The van der Waals surface area contributed by atoms with E-state index in [9.17, 15) is 4.79 Å². The highest BCUT2D eigenvalue weighted by atomic mass is 35.5. The Labute approximate surface area is 301 Å². The fourth-order valence-corrected chi connectivity index (χ4v) is 10.1. The predicted molar refractivity (Wildman–Crippen MR) is 209 cm³/mol. The SMILES string of the molecule is CCN1C(=CC=c2sc(=CC3=CC(=Cc4sc5ccc(Cl)cc5[n+]4CC)Oc4ccccc43)n(CC)c2=O)Sc2ccc3ccccc3c21. The van der Waals surface area contributed by atoms with Gasteiger partial charge in [0.2, 0.25) is 5.52 Å². The second-order valence-corrected chi connectivity index (χ2v) is 15.3. The maximum absolute atomic E-state index is 13.7. The largest absolute Gasteiger partial charge is 0.456 e. The molecule has 0 bridgehead atoms. The van der Waals surface area contributed by atoms with Gasteiger partial charge in [-0.05, 0) is 80.3 Å². The molecule has 9 heteroatoms. The average Bonchev–Trinajstić information content (AvgIpc) is 3.76. The first kappa shape index (κ1) is 31.9. The number of nitrogens with zero attached hydrogens (tertiary/aromatic N) is 3. The van der Waals surface area contributed by atoms with E-state index in [1.807, 2.05) is 47.9 Å². The molecule has 0 radical (unpaired) electrons. The Bertz CT molecular complexity index is 2570. The van der Waals surface area contributed by atoms with Crippen molar-refractivity contribution in [2.24, 2.45) is 0 Å². The second kappa shape index (κ2) is 13.2. The van der Waals surface area contributed by atoms with Crippen LogP contribution in [-0.2, 0) is 13.1 Å². The highest BCUT2D eigenvalue weighted by Crippen LogP contribution is 2.49. The van der Waals surface area contributed by atoms with Crippen LogP contribution in [0.15, 0.2) is 111 Å². The molecule has 0 unspecified atom stereocenters. The van der Waals surface area contributed by atoms with E-state index in [4.69, 9.17) is 16.3 Å². The van der Waals surface area contributed by atoms with E-state index in [1.54, 1.807) is 23.1 Å². The summed E-state index contributed by atoms with van der Waals surface area (Å²) in [6.45, 7) is 8.56. The van der Waals surface area contributed by atoms with E-state index in [1.165, 1.54) is 37.4 Å². The van der Waals surface area contributed by atoms with E-state index in [-0.39, 0.29) is 5.56 Å². The van der Waals surface area contributed by atoms with E-state index in [0.29, 0.717) is 11.1 Å². The number of anilines is 1. The zero-order chi connectivity index (χ0) is 33.6. The van der Waals surface area contributed by atoms with Crippen molar-refractivity contribution in [3.05, 3.63) is 137 Å². The Balaban J connectivity index is 1.21. The smallest absolute Gasteiger partial charge is 0.269 e. The van der Waals surface area contributed by atoms with Crippen LogP contribution < -0.4 is 29.0 Å². The lowest BCUT2D eigenvalue weighted by Crippen LogP contribution is -2.33. The molecule has 0 saturated carbocycles. The van der Waals surface area contributed by atoms with Crippen molar-refractivity contribution >= 4 is 96.5 Å². The summed E-state index contributed by atoms with van der Waals surface area (Å²) < 4.78 is 13.3. The molecule has 6 aromatic rings. The van der Waals surface area contributed by atoms with Crippen LogP contribution in [0.1, 0.15) is 31.3 Å². The van der Waals surface area contributed by atoms with Crippen LogP contribution >= 0.6 is 46.0 Å². The molecule has 0 saturated heterocycles. The van der Waals surface area contributed by atoms with Crippen LogP contribution in [0.2, 0.25) is 5.02 Å². The molecule has 2 aliphatic rings. The number of ether oxygens (including phenoxy) is 1. The fraction of sp³-hybridized carbons (Fsp3) is 0.150. The zero-order valence-corrected chi connectivity index (χ0v) is 30.5. The summed E-state index contributed by atoms with van der Waals surface area (Å²) in [6.07, 6.45) is 10.4. The first-order chi connectivity index (χ1) is 23.9. The van der Waals surface area contributed by atoms with Crippen molar-refractivity contribution in [2.45, 2.75) is 38.8 Å². The average molecular weight is 719 g/mol. The topological polar surface area (TPSA) is 38.4 Å². The van der Waals surface area contributed by atoms with Crippen LogP contribution in [0, 0.1) is 0 Å². The molecule has 49 heavy (non-hydrogen) atoms. The van der Waals surface area contributed by atoms with E-state index in [2.05, 4.69) is 96.1 Å². The minimum atomic E-state index is 0.0224. The first-order valence-corrected chi connectivity index (χ1v) is 19.2. The molecular weight excluding hydrogens is 686 g/mol. The van der Waals surface area contributed by atoms with Crippen molar-refractivity contribution in [2.75, 3.05) is 11.4 Å². The Hall–Kier alpha value is -4.34. The van der Waals surface area contributed by atoms with E-state index < -0.39 is 0 Å². The quantitative estimate of drug-likeness (QED) is 0.162. The number of aryl methyl sites for hydroxylation is 1. The van der Waals surface area contributed by atoms with Gasteiger partial charge >= 0.3 is 0 Å². The molecule has 2 aromatic heterocycles. The number of para-hydroxylation sites is 1. The number of benzene rings is 4. The molecule has 2 aliphatic heterocycles. The third-order valence-electron chi connectivity index (χ3n) is 8.84. The van der Waals surface area contributed by atoms with Gasteiger partial charge in [-0.2, -0.15) is 4.57 Å². The van der Waals surface area contributed by atoms with Gasteiger partial charge in [-0.25, -0.2) is 0 Å². The van der Waals surface area contributed by atoms with Gasteiger partial charge in [0.05, 0.1) is 26.0 Å². The molecule has 4 aromatic carbocycles. The molecular formula is C40H33ClN3O2S3+. The Morgan fingerprint density at radius 1 is 0.898 bits per heavy atom. The standard InChI is InChI=1S/C40H33ClN3O2S3/c1-4-42-31-23-27(41)16-18-33(31)47-38(42)24-28-21-26(29-12-9-10-14-32(29)46-28)22-37-44(6-3)40(45)35(49-37)19-20-36-43(5-2)39-30-13-8-7-11-25(30)15-17-34(39)48-36/h7-24H,4-6H2,1-3H3/q+1. The summed E-state index contributed by atoms with van der Waals surface area (Å²) in [5, 5.41) is 5.41. The van der Waals surface area contributed by atoms with Gasteiger partial charge in [0, 0.05) is 40.0 Å². The summed E-state index contributed by atoms with van der Waals surface area (Å²) in [5.41, 5.74) is 4.37. The molecule has 0 spiro atoms. The molecule has 0 amide bonds.